The van der Waals surface area contributed by atoms with E-state index in [1.165, 1.54) is 25.3 Å². The first kappa shape index (κ1) is 22.3. The zero-order chi connectivity index (χ0) is 23.3. The Morgan fingerprint density at radius 2 is 1.91 bits per heavy atom. The lowest BCUT2D eigenvalue weighted by Crippen LogP contribution is -2.41. The topological polar surface area (TPSA) is 193 Å². The Hall–Kier alpha value is -4.35. The third-order valence-corrected chi connectivity index (χ3v) is 4.50. The van der Waals surface area contributed by atoms with Gasteiger partial charge in [-0.05, 0) is 37.6 Å². The van der Waals surface area contributed by atoms with Crippen LogP contribution in [0.2, 0.25) is 0 Å². The molecule has 12 heteroatoms. The third kappa shape index (κ3) is 5.62. The Morgan fingerprint density at radius 3 is 2.56 bits per heavy atom. The normalized spacial score (nSPS) is 11.7. The van der Waals surface area contributed by atoms with E-state index in [1.54, 1.807) is 12.1 Å². The summed E-state index contributed by atoms with van der Waals surface area (Å²) in [6.07, 6.45) is 1.53. The average Bonchev–Trinajstić information content (AvgIpc) is 2.74. The molecule has 6 N–H and O–H groups in total. The van der Waals surface area contributed by atoms with E-state index in [4.69, 9.17) is 5.73 Å². The first-order valence-electron chi connectivity index (χ1n) is 9.61. The summed E-state index contributed by atoms with van der Waals surface area (Å²) in [7, 11) is 0. The van der Waals surface area contributed by atoms with Crippen LogP contribution >= 0.6 is 0 Å². The van der Waals surface area contributed by atoms with Gasteiger partial charge >= 0.3 is 5.97 Å². The lowest BCUT2D eigenvalue weighted by atomic mass is 10.1. The molecule has 1 amide bonds. The molecule has 0 spiro atoms. The Balaban J connectivity index is 1.62. The number of carbonyl (C=O) groups is 3. The zero-order valence-electron chi connectivity index (χ0n) is 17.1. The summed E-state index contributed by atoms with van der Waals surface area (Å²) >= 11 is 0. The van der Waals surface area contributed by atoms with Gasteiger partial charge in [0.05, 0.1) is 18.4 Å². The van der Waals surface area contributed by atoms with Crippen molar-refractivity contribution in [3.8, 4) is 0 Å². The molecule has 0 saturated heterocycles. The van der Waals surface area contributed by atoms with Crippen molar-refractivity contribution in [3.05, 3.63) is 52.1 Å². The molecule has 2 heterocycles. The standard InChI is InChI=1S/C20H21N7O5/c1-10(28)2-7-14(19(31)32)25-17(29)11-3-5-12(6-4-11)22-8-13-9-23-15-16(24-13)26-20(21)27-18(15)30/h3-6,9,14,22H,2,7-8H2,1H3,(H,25,29)(H,31,32)(H3,21,24,26,27,30). The minimum Gasteiger partial charge on any atom is -0.480 e. The van der Waals surface area contributed by atoms with Crippen molar-refractivity contribution < 1.29 is 19.5 Å². The number of nitrogen functional groups attached to an aromatic ring is 1. The number of nitrogens with zero attached hydrogens (tertiary/aromatic N) is 3. The SMILES string of the molecule is CC(=O)CCC(NC(=O)c1ccc(NCc2cnc3c(=O)[nH]c(N)nc3n2)cc1)C(=O)O. The maximum atomic E-state index is 12.3. The number of nitrogens with one attached hydrogen (secondary N) is 3. The Morgan fingerprint density at radius 1 is 1.19 bits per heavy atom. The van der Waals surface area contributed by atoms with Crippen LogP contribution in [-0.2, 0) is 16.1 Å². The summed E-state index contributed by atoms with van der Waals surface area (Å²) < 4.78 is 0. The molecule has 0 radical (unpaired) electrons. The molecule has 3 rings (SSSR count). The molecule has 12 nitrogen and oxygen atoms in total. The first-order valence-corrected chi connectivity index (χ1v) is 9.61. The van der Waals surface area contributed by atoms with Crippen molar-refractivity contribution in [3.63, 3.8) is 0 Å². The van der Waals surface area contributed by atoms with Crippen LogP contribution in [-0.4, -0.2) is 48.7 Å². The molecular weight excluding hydrogens is 418 g/mol. The minimum atomic E-state index is -1.20. The van der Waals surface area contributed by atoms with Crippen molar-refractivity contribution in [2.75, 3.05) is 11.1 Å². The molecule has 1 atom stereocenters. The fourth-order valence-corrected chi connectivity index (χ4v) is 2.83. The summed E-state index contributed by atoms with van der Waals surface area (Å²) in [6, 6.07) is 5.22. The number of carbonyl (C=O) groups excluding carboxylic acids is 2. The molecule has 0 bridgehead atoms. The molecule has 0 aliphatic carbocycles. The highest BCUT2D eigenvalue weighted by Crippen LogP contribution is 2.12. The van der Waals surface area contributed by atoms with Crippen LogP contribution < -0.4 is 21.9 Å². The van der Waals surface area contributed by atoms with Crippen molar-refractivity contribution in [1.29, 1.82) is 0 Å². The number of aromatic nitrogens is 4. The number of rotatable bonds is 9. The molecular formula is C20H21N7O5. The number of ketones is 1. The van der Waals surface area contributed by atoms with E-state index < -0.39 is 23.5 Å². The number of hydrogen-bond acceptors (Lipinski definition) is 9. The predicted octanol–water partition coefficient (Wildman–Crippen LogP) is 0.460. The van der Waals surface area contributed by atoms with Crippen LogP contribution in [0.3, 0.4) is 0 Å². The first-order chi connectivity index (χ1) is 15.2. The quantitative estimate of drug-likeness (QED) is 0.313. The number of aliphatic carboxylic acids is 1. The van der Waals surface area contributed by atoms with Crippen LogP contribution in [0.4, 0.5) is 11.6 Å². The van der Waals surface area contributed by atoms with Crippen LogP contribution in [0.5, 0.6) is 0 Å². The summed E-state index contributed by atoms with van der Waals surface area (Å²) in [5, 5.41) is 14.7. The molecule has 0 aliphatic rings. The monoisotopic (exact) mass is 439 g/mol. The van der Waals surface area contributed by atoms with Gasteiger partial charge in [0.25, 0.3) is 11.5 Å². The van der Waals surface area contributed by atoms with Gasteiger partial charge in [-0.3, -0.25) is 14.6 Å². The number of amides is 1. The van der Waals surface area contributed by atoms with Gasteiger partial charge in [-0.25, -0.2) is 14.8 Å². The van der Waals surface area contributed by atoms with Gasteiger partial charge in [0, 0.05) is 17.7 Å². The van der Waals surface area contributed by atoms with Gasteiger partial charge in [0.1, 0.15) is 11.8 Å². The Kier molecular flexibility index (Phi) is 6.73. The number of benzene rings is 1. The highest BCUT2D eigenvalue weighted by Gasteiger charge is 2.21. The second-order valence-electron chi connectivity index (χ2n) is 7.02. The van der Waals surface area contributed by atoms with Crippen molar-refractivity contribution >= 4 is 40.5 Å². The van der Waals surface area contributed by atoms with Crippen molar-refractivity contribution in [2.45, 2.75) is 32.4 Å². The largest absolute Gasteiger partial charge is 0.480 e. The van der Waals surface area contributed by atoms with Crippen LogP contribution in [0.25, 0.3) is 11.2 Å². The zero-order valence-corrected chi connectivity index (χ0v) is 17.1. The van der Waals surface area contributed by atoms with E-state index in [9.17, 15) is 24.3 Å². The van der Waals surface area contributed by atoms with Crippen LogP contribution in [0.1, 0.15) is 35.8 Å². The fraction of sp³-hybridized carbons (Fsp3) is 0.250. The number of nitrogens with two attached hydrogens (primary N) is 1. The number of aromatic amines is 1. The minimum absolute atomic E-state index is 0.0230. The summed E-state index contributed by atoms with van der Waals surface area (Å²) in [5.74, 6) is -1.96. The lowest BCUT2D eigenvalue weighted by Gasteiger charge is -2.14. The number of carboxylic acids is 1. The molecule has 32 heavy (non-hydrogen) atoms. The summed E-state index contributed by atoms with van der Waals surface area (Å²) in [6.45, 7) is 1.64. The molecule has 166 valence electrons. The van der Waals surface area contributed by atoms with Crippen molar-refractivity contribution in [1.82, 2.24) is 25.3 Å². The van der Waals surface area contributed by atoms with E-state index in [-0.39, 0.29) is 47.8 Å². The summed E-state index contributed by atoms with van der Waals surface area (Å²) in [5.41, 5.74) is 6.74. The number of Topliss-reactive ketones (excluding diaryl/α,β-unsaturated/α-hetero) is 1. The second-order valence-corrected chi connectivity index (χ2v) is 7.02. The van der Waals surface area contributed by atoms with E-state index in [0.717, 1.165) is 0 Å². The molecule has 1 aromatic carbocycles. The third-order valence-electron chi connectivity index (χ3n) is 4.50. The number of anilines is 2. The van der Waals surface area contributed by atoms with Gasteiger partial charge in [-0.2, -0.15) is 4.98 Å². The van der Waals surface area contributed by atoms with Gasteiger partial charge in [0.2, 0.25) is 5.95 Å². The maximum Gasteiger partial charge on any atom is 0.326 e. The number of H-pyrrole nitrogens is 1. The highest BCUT2D eigenvalue weighted by molar-refractivity contribution is 5.97. The molecule has 3 aromatic rings. The maximum absolute atomic E-state index is 12.3. The second kappa shape index (κ2) is 9.64. The molecule has 0 saturated carbocycles. The number of fused-ring (bicyclic) bond motifs is 1. The average molecular weight is 439 g/mol. The molecule has 0 aliphatic heterocycles. The smallest absolute Gasteiger partial charge is 0.326 e. The van der Waals surface area contributed by atoms with Gasteiger partial charge in [-0.1, -0.05) is 0 Å². The fourth-order valence-electron chi connectivity index (χ4n) is 2.83. The van der Waals surface area contributed by atoms with Gasteiger partial charge in [-0.15, -0.1) is 0 Å². The lowest BCUT2D eigenvalue weighted by molar-refractivity contribution is -0.139. The summed E-state index contributed by atoms with van der Waals surface area (Å²) in [4.78, 5) is 61.1. The Bertz CT molecular complexity index is 1220. The van der Waals surface area contributed by atoms with E-state index in [0.29, 0.717) is 11.4 Å². The predicted molar refractivity (Wildman–Crippen MR) is 115 cm³/mol. The molecule has 0 fully saturated rings. The van der Waals surface area contributed by atoms with Crippen LogP contribution in [0, 0.1) is 0 Å². The highest BCUT2D eigenvalue weighted by atomic mass is 16.4. The number of carboxylic acid groups (broad SMARTS) is 1. The molecule has 2 aromatic heterocycles. The van der Waals surface area contributed by atoms with E-state index in [2.05, 4.69) is 30.6 Å². The van der Waals surface area contributed by atoms with Gasteiger partial charge < -0.3 is 26.3 Å². The van der Waals surface area contributed by atoms with Crippen LogP contribution in [0.15, 0.2) is 35.3 Å². The number of hydrogen-bond donors (Lipinski definition) is 5. The molecule has 1 unspecified atom stereocenters. The Labute approximate surface area is 181 Å². The van der Waals surface area contributed by atoms with E-state index in [1.807, 2.05) is 0 Å². The van der Waals surface area contributed by atoms with E-state index >= 15 is 0 Å². The van der Waals surface area contributed by atoms with Gasteiger partial charge in [0.15, 0.2) is 11.2 Å². The van der Waals surface area contributed by atoms with Crippen molar-refractivity contribution in [2.24, 2.45) is 0 Å².